The number of carbonyl (C=O) groups is 2. The first-order chi connectivity index (χ1) is 10.1. The molecule has 0 aliphatic rings. The Morgan fingerprint density at radius 1 is 1.29 bits per heavy atom. The number of hydrogen-bond acceptors (Lipinski definition) is 3. The van der Waals surface area contributed by atoms with Crippen molar-refractivity contribution in [2.75, 3.05) is 20.3 Å². The summed E-state index contributed by atoms with van der Waals surface area (Å²) < 4.78 is 5.10. The molecule has 0 saturated carbocycles. The molecule has 0 aromatic heterocycles. The minimum atomic E-state index is -0.487. The average molecular weight is 294 g/mol. The lowest BCUT2D eigenvalue weighted by Gasteiger charge is -2.19. The van der Waals surface area contributed by atoms with E-state index in [2.05, 4.69) is 10.6 Å². The summed E-state index contributed by atoms with van der Waals surface area (Å²) in [4.78, 5) is 23.8. The van der Waals surface area contributed by atoms with Gasteiger partial charge in [0.1, 0.15) is 6.04 Å². The van der Waals surface area contributed by atoms with E-state index in [4.69, 9.17) is 4.74 Å². The molecule has 0 unspecified atom stereocenters. The Balaban J connectivity index is 2.81. The van der Waals surface area contributed by atoms with Gasteiger partial charge in [0.05, 0.1) is 6.61 Å². The van der Waals surface area contributed by atoms with E-state index in [0.29, 0.717) is 13.2 Å². The summed E-state index contributed by atoms with van der Waals surface area (Å²) >= 11 is 0. The van der Waals surface area contributed by atoms with E-state index in [1.807, 2.05) is 42.6 Å². The number of benzene rings is 1. The van der Waals surface area contributed by atoms with E-state index in [-0.39, 0.29) is 11.9 Å². The Morgan fingerprint density at radius 3 is 2.52 bits per heavy atom. The molecule has 1 aromatic carbocycles. The molecule has 4 N–H and O–H groups in total. The summed E-state index contributed by atoms with van der Waals surface area (Å²) in [7, 11) is 1.62. The summed E-state index contributed by atoms with van der Waals surface area (Å²) in [5.74, 6) is -0.338. The summed E-state index contributed by atoms with van der Waals surface area (Å²) in [6.07, 6.45) is 0. The summed E-state index contributed by atoms with van der Waals surface area (Å²) in [5, 5.41) is 6.81. The molecule has 6 heteroatoms. The van der Waals surface area contributed by atoms with Gasteiger partial charge in [0.2, 0.25) is 0 Å². The molecular formula is C15H24N3O3+. The second-order valence-electron chi connectivity index (χ2n) is 4.86. The van der Waals surface area contributed by atoms with Gasteiger partial charge in [0.25, 0.3) is 5.91 Å². The van der Waals surface area contributed by atoms with E-state index in [1.165, 1.54) is 0 Å². The Labute approximate surface area is 125 Å². The number of amides is 3. The number of ether oxygens (including phenoxy) is 1. The van der Waals surface area contributed by atoms with Crippen LogP contribution in [0.3, 0.4) is 0 Å². The first-order valence-corrected chi connectivity index (χ1v) is 7.06. The van der Waals surface area contributed by atoms with Crippen LogP contribution in [0.15, 0.2) is 30.3 Å². The van der Waals surface area contributed by atoms with E-state index in [1.54, 1.807) is 14.0 Å². The van der Waals surface area contributed by atoms with Gasteiger partial charge in [-0.15, -0.1) is 0 Å². The standard InChI is InChI=1S/C15H23N3O3/c1-4-16-15(20)18-14(19)13(17-11(2)10-21-3)12-8-6-5-7-9-12/h5-9,11,13,17H,4,10H2,1-3H3,(H2,16,18,19,20)/p+1/t11-,13-/m0/s1. The number of nitrogens with one attached hydrogen (secondary N) is 2. The highest BCUT2D eigenvalue weighted by Gasteiger charge is 2.27. The number of methoxy groups -OCH3 is 1. The molecule has 0 spiro atoms. The van der Waals surface area contributed by atoms with Gasteiger partial charge in [-0.25, -0.2) is 4.79 Å². The van der Waals surface area contributed by atoms with Crippen LogP contribution in [0.5, 0.6) is 0 Å². The van der Waals surface area contributed by atoms with Crippen LogP contribution < -0.4 is 16.0 Å². The zero-order valence-electron chi connectivity index (χ0n) is 12.8. The van der Waals surface area contributed by atoms with Gasteiger partial charge in [0.15, 0.2) is 6.04 Å². The third-order valence-electron chi connectivity index (χ3n) is 2.97. The number of nitrogens with two attached hydrogens (primary N) is 1. The lowest BCUT2D eigenvalue weighted by atomic mass is 10.1. The van der Waals surface area contributed by atoms with Crippen LogP contribution >= 0.6 is 0 Å². The Bertz CT molecular complexity index is 451. The number of imide groups is 1. The van der Waals surface area contributed by atoms with Gasteiger partial charge in [-0.2, -0.15) is 0 Å². The third-order valence-corrected chi connectivity index (χ3v) is 2.97. The Hall–Kier alpha value is -1.92. The van der Waals surface area contributed by atoms with Crippen LogP contribution in [0, 0.1) is 0 Å². The molecule has 0 fully saturated rings. The summed E-state index contributed by atoms with van der Waals surface area (Å²) in [6, 6.07) is 8.51. The van der Waals surface area contributed by atoms with Crippen LogP contribution in [0.4, 0.5) is 4.79 Å². The number of hydrogen-bond donors (Lipinski definition) is 3. The fourth-order valence-corrected chi connectivity index (χ4v) is 2.05. The van der Waals surface area contributed by atoms with Crippen LogP contribution in [-0.4, -0.2) is 38.2 Å². The minimum Gasteiger partial charge on any atom is -0.379 e. The van der Waals surface area contributed by atoms with Crippen molar-refractivity contribution in [1.82, 2.24) is 10.6 Å². The maximum absolute atomic E-state index is 12.3. The fraction of sp³-hybridized carbons (Fsp3) is 0.467. The van der Waals surface area contributed by atoms with Gasteiger partial charge in [-0.3, -0.25) is 10.1 Å². The smallest absolute Gasteiger partial charge is 0.321 e. The van der Waals surface area contributed by atoms with Crippen molar-refractivity contribution in [3.63, 3.8) is 0 Å². The normalized spacial score (nSPS) is 13.3. The molecule has 3 amide bonds. The minimum absolute atomic E-state index is 0.0974. The molecule has 21 heavy (non-hydrogen) atoms. The van der Waals surface area contributed by atoms with Crippen molar-refractivity contribution >= 4 is 11.9 Å². The number of quaternary nitrogens is 1. The average Bonchev–Trinajstić information content (AvgIpc) is 2.46. The maximum Gasteiger partial charge on any atom is 0.321 e. The molecule has 0 aliphatic carbocycles. The van der Waals surface area contributed by atoms with E-state index < -0.39 is 12.1 Å². The molecule has 0 heterocycles. The summed E-state index contributed by atoms with van der Waals surface area (Å²) in [6.45, 7) is 4.76. The predicted molar refractivity (Wildman–Crippen MR) is 79.7 cm³/mol. The van der Waals surface area contributed by atoms with Gasteiger partial charge >= 0.3 is 6.03 Å². The molecule has 1 rings (SSSR count). The topological polar surface area (TPSA) is 84.0 Å². The van der Waals surface area contributed by atoms with Crippen molar-refractivity contribution in [3.05, 3.63) is 35.9 Å². The molecule has 1 aromatic rings. The Morgan fingerprint density at radius 2 is 1.95 bits per heavy atom. The van der Waals surface area contributed by atoms with Crippen LogP contribution in [0.2, 0.25) is 0 Å². The quantitative estimate of drug-likeness (QED) is 0.670. The fourth-order valence-electron chi connectivity index (χ4n) is 2.05. The SMILES string of the molecule is CCNC(=O)NC(=O)[C@@H]([NH2+][C@@H](C)COC)c1ccccc1. The van der Waals surface area contributed by atoms with E-state index in [9.17, 15) is 9.59 Å². The first-order valence-electron chi connectivity index (χ1n) is 7.06. The highest BCUT2D eigenvalue weighted by Crippen LogP contribution is 2.08. The highest BCUT2D eigenvalue weighted by atomic mass is 16.5. The van der Waals surface area contributed by atoms with Crippen LogP contribution in [0.25, 0.3) is 0 Å². The highest BCUT2D eigenvalue weighted by molar-refractivity contribution is 5.96. The van der Waals surface area contributed by atoms with Crippen molar-refractivity contribution < 1.29 is 19.6 Å². The molecule has 0 bridgehead atoms. The Kier molecular flexibility index (Phi) is 7.42. The predicted octanol–water partition coefficient (Wildman–Crippen LogP) is 0.172. The molecule has 0 radical (unpaired) electrons. The monoisotopic (exact) mass is 294 g/mol. The molecular weight excluding hydrogens is 270 g/mol. The largest absolute Gasteiger partial charge is 0.379 e. The number of rotatable bonds is 7. The number of urea groups is 1. The second-order valence-corrected chi connectivity index (χ2v) is 4.86. The molecule has 0 aliphatic heterocycles. The molecule has 0 saturated heterocycles. The third kappa shape index (κ3) is 5.93. The lowest BCUT2D eigenvalue weighted by Crippen LogP contribution is -2.93. The van der Waals surface area contributed by atoms with Gasteiger partial charge < -0.3 is 15.4 Å². The van der Waals surface area contributed by atoms with Gasteiger partial charge in [-0.1, -0.05) is 30.3 Å². The van der Waals surface area contributed by atoms with Gasteiger partial charge in [0, 0.05) is 19.2 Å². The molecule has 6 nitrogen and oxygen atoms in total. The molecule has 116 valence electrons. The first kappa shape index (κ1) is 17.1. The zero-order chi connectivity index (χ0) is 15.7. The summed E-state index contributed by atoms with van der Waals surface area (Å²) in [5.41, 5.74) is 0.849. The van der Waals surface area contributed by atoms with Crippen molar-refractivity contribution in [1.29, 1.82) is 0 Å². The second kappa shape index (κ2) is 9.10. The van der Waals surface area contributed by atoms with Crippen LogP contribution in [-0.2, 0) is 9.53 Å². The number of carbonyl (C=O) groups excluding carboxylic acids is 2. The van der Waals surface area contributed by atoms with Gasteiger partial charge in [-0.05, 0) is 13.8 Å². The van der Waals surface area contributed by atoms with Crippen LogP contribution in [0.1, 0.15) is 25.5 Å². The molecule has 2 atom stereocenters. The van der Waals surface area contributed by atoms with E-state index in [0.717, 1.165) is 5.56 Å². The lowest BCUT2D eigenvalue weighted by molar-refractivity contribution is -0.714. The van der Waals surface area contributed by atoms with E-state index >= 15 is 0 Å². The van der Waals surface area contributed by atoms with Crippen molar-refractivity contribution in [3.8, 4) is 0 Å². The van der Waals surface area contributed by atoms with Crippen molar-refractivity contribution in [2.45, 2.75) is 25.9 Å². The van der Waals surface area contributed by atoms with Crippen molar-refractivity contribution in [2.24, 2.45) is 0 Å². The maximum atomic E-state index is 12.3. The zero-order valence-corrected chi connectivity index (χ0v) is 12.8.